The van der Waals surface area contributed by atoms with E-state index >= 15 is 0 Å². The standard InChI is InChI=1S/C29H32Cl2F2N4O3/c1-16(38)18-4-6-22(7-5-18)36-28(19-2-3-19)23(11-34)29(40)37(14-17-8-20(32)10-21(33)9-17)15-26(39)27-24(30)12-35-13-25(27)31/h8-13,18-19,22,26,34,36,39H,2-7,14-15H2,1H3/b28-23+,34-11?/t18-,22-,26?. The van der Waals surface area contributed by atoms with E-state index in [9.17, 15) is 23.5 Å². The van der Waals surface area contributed by atoms with Crippen LogP contribution in [0.25, 0.3) is 0 Å². The average molecular weight is 594 g/mol. The van der Waals surface area contributed by atoms with Gasteiger partial charge < -0.3 is 20.7 Å². The maximum atomic E-state index is 14.0. The van der Waals surface area contributed by atoms with Crippen LogP contribution in [0.3, 0.4) is 0 Å². The summed E-state index contributed by atoms with van der Waals surface area (Å²) in [6.45, 7) is 1.07. The molecule has 40 heavy (non-hydrogen) atoms. The molecule has 1 aromatic heterocycles. The number of aliphatic hydroxyl groups is 1. The number of ketones is 1. The van der Waals surface area contributed by atoms with Crippen molar-refractivity contribution in [1.29, 1.82) is 5.41 Å². The lowest BCUT2D eigenvalue weighted by atomic mass is 9.83. The zero-order chi connectivity index (χ0) is 29.0. The number of pyridine rings is 1. The Morgan fingerprint density at radius 3 is 2.17 bits per heavy atom. The minimum Gasteiger partial charge on any atom is -0.386 e. The number of carbonyl (C=O) groups is 2. The van der Waals surface area contributed by atoms with E-state index in [0.29, 0.717) is 5.70 Å². The molecule has 0 saturated heterocycles. The maximum Gasteiger partial charge on any atom is 0.257 e. The molecule has 2 saturated carbocycles. The van der Waals surface area contributed by atoms with E-state index in [2.05, 4.69) is 10.3 Å². The van der Waals surface area contributed by atoms with Crippen LogP contribution in [0.2, 0.25) is 10.0 Å². The fraction of sp³-hybridized carbons (Fsp3) is 0.448. The first kappa shape index (κ1) is 30.1. The van der Waals surface area contributed by atoms with Crippen LogP contribution in [0.1, 0.15) is 62.7 Å². The molecule has 4 rings (SSSR count). The van der Waals surface area contributed by atoms with Gasteiger partial charge in [0.2, 0.25) is 0 Å². The molecule has 1 amide bonds. The van der Waals surface area contributed by atoms with E-state index in [1.165, 1.54) is 17.3 Å². The van der Waals surface area contributed by atoms with Crippen LogP contribution in [0.5, 0.6) is 0 Å². The van der Waals surface area contributed by atoms with Crippen molar-refractivity contribution in [3.63, 3.8) is 0 Å². The fourth-order valence-electron chi connectivity index (χ4n) is 5.26. The number of carbonyl (C=O) groups excluding carboxylic acids is 2. The third kappa shape index (κ3) is 7.44. The van der Waals surface area contributed by atoms with E-state index in [-0.39, 0.29) is 63.5 Å². The van der Waals surface area contributed by atoms with Gasteiger partial charge in [0.1, 0.15) is 17.4 Å². The second-order valence-electron chi connectivity index (χ2n) is 10.5. The molecular formula is C29H32Cl2F2N4O3. The number of halogens is 4. The largest absolute Gasteiger partial charge is 0.386 e. The molecule has 11 heteroatoms. The molecule has 1 atom stereocenters. The maximum absolute atomic E-state index is 14.0. The first-order chi connectivity index (χ1) is 19.1. The Labute approximate surface area is 242 Å². The van der Waals surface area contributed by atoms with Crippen molar-refractivity contribution >= 4 is 41.1 Å². The van der Waals surface area contributed by atoms with Gasteiger partial charge in [0.25, 0.3) is 5.91 Å². The van der Waals surface area contributed by atoms with Crippen molar-refractivity contribution < 1.29 is 23.5 Å². The zero-order valence-electron chi connectivity index (χ0n) is 22.1. The zero-order valence-corrected chi connectivity index (χ0v) is 23.6. The number of aliphatic hydroxyl groups excluding tert-OH is 1. The van der Waals surface area contributed by atoms with Gasteiger partial charge in [-0.05, 0) is 69.1 Å². The lowest BCUT2D eigenvalue weighted by Gasteiger charge is -2.31. The summed E-state index contributed by atoms with van der Waals surface area (Å²) in [4.78, 5) is 30.9. The minimum atomic E-state index is -1.34. The molecule has 2 aromatic rings. The SMILES string of the molecule is CC(=O)[C@H]1CC[C@H](N/C(=C(\C=N)C(=O)N(Cc2cc(F)cc(F)c2)CC(O)c2c(Cl)cncc2Cl)C2CC2)CC1. The number of allylic oxidation sites excluding steroid dienone is 1. The molecular weight excluding hydrogens is 561 g/mol. The molecule has 0 spiro atoms. The molecule has 2 aliphatic carbocycles. The Balaban J connectivity index is 1.65. The molecule has 2 aliphatic rings. The highest BCUT2D eigenvalue weighted by molar-refractivity contribution is 6.35. The normalized spacial score (nSPS) is 20.4. The summed E-state index contributed by atoms with van der Waals surface area (Å²) in [6.07, 6.45) is 7.06. The van der Waals surface area contributed by atoms with Crippen LogP contribution in [0.4, 0.5) is 8.78 Å². The van der Waals surface area contributed by atoms with Crippen molar-refractivity contribution in [2.75, 3.05) is 6.54 Å². The van der Waals surface area contributed by atoms with Crippen molar-refractivity contribution in [2.45, 2.75) is 64.1 Å². The average Bonchev–Trinajstić information content (AvgIpc) is 3.73. The summed E-state index contributed by atoms with van der Waals surface area (Å²) in [6, 6.07) is 3.02. The van der Waals surface area contributed by atoms with E-state index < -0.39 is 23.6 Å². The third-order valence-electron chi connectivity index (χ3n) is 7.51. The fourth-order valence-corrected chi connectivity index (χ4v) is 5.87. The predicted molar refractivity (Wildman–Crippen MR) is 149 cm³/mol. The van der Waals surface area contributed by atoms with Gasteiger partial charge in [0.15, 0.2) is 0 Å². The summed E-state index contributed by atoms with van der Waals surface area (Å²) in [7, 11) is 0. The second-order valence-corrected chi connectivity index (χ2v) is 11.4. The summed E-state index contributed by atoms with van der Waals surface area (Å²) < 4.78 is 28.0. The van der Waals surface area contributed by atoms with Gasteiger partial charge in [-0.2, -0.15) is 0 Å². The van der Waals surface area contributed by atoms with E-state index in [1.54, 1.807) is 6.92 Å². The van der Waals surface area contributed by atoms with Crippen LogP contribution in [0, 0.1) is 28.9 Å². The summed E-state index contributed by atoms with van der Waals surface area (Å²) >= 11 is 12.5. The van der Waals surface area contributed by atoms with E-state index in [4.69, 9.17) is 28.6 Å². The number of amides is 1. The van der Waals surface area contributed by atoms with Gasteiger partial charge in [-0.25, -0.2) is 8.78 Å². The lowest BCUT2D eigenvalue weighted by Crippen LogP contribution is -2.40. The Hall–Kier alpha value is -2.88. The number of nitrogens with one attached hydrogen (secondary N) is 2. The molecule has 1 heterocycles. The van der Waals surface area contributed by atoms with Gasteiger partial charge in [-0.3, -0.25) is 14.6 Å². The lowest BCUT2D eigenvalue weighted by molar-refractivity contribution is -0.128. The van der Waals surface area contributed by atoms with Crippen molar-refractivity contribution in [3.05, 3.63) is 74.7 Å². The van der Waals surface area contributed by atoms with Gasteiger partial charge >= 0.3 is 0 Å². The molecule has 0 bridgehead atoms. The molecule has 7 nitrogen and oxygen atoms in total. The Morgan fingerprint density at radius 1 is 1.07 bits per heavy atom. The van der Waals surface area contributed by atoms with Crippen LogP contribution in [-0.2, 0) is 16.1 Å². The van der Waals surface area contributed by atoms with Crippen LogP contribution < -0.4 is 5.32 Å². The molecule has 0 aliphatic heterocycles. The number of aromatic nitrogens is 1. The number of rotatable bonds is 11. The Morgan fingerprint density at radius 2 is 1.65 bits per heavy atom. The van der Waals surface area contributed by atoms with Crippen LogP contribution in [-0.4, -0.2) is 45.5 Å². The highest BCUT2D eigenvalue weighted by Gasteiger charge is 2.35. The number of hydrogen-bond acceptors (Lipinski definition) is 6. The number of benzene rings is 1. The molecule has 2 fully saturated rings. The highest BCUT2D eigenvalue weighted by Crippen LogP contribution is 2.38. The number of hydrogen-bond donors (Lipinski definition) is 3. The van der Waals surface area contributed by atoms with Crippen LogP contribution in [0.15, 0.2) is 41.9 Å². The first-order valence-electron chi connectivity index (χ1n) is 13.3. The van der Waals surface area contributed by atoms with Gasteiger partial charge in [-0.1, -0.05) is 23.2 Å². The minimum absolute atomic E-state index is 0.0470. The number of nitrogens with zero attached hydrogens (tertiary/aromatic N) is 2. The molecule has 1 unspecified atom stereocenters. The highest BCUT2D eigenvalue weighted by atomic mass is 35.5. The predicted octanol–water partition coefficient (Wildman–Crippen LogP) is 5.78. The Bertz CT molecular complexity index is 1270. The quantitative estimate of drug-likeness (QED) is 0.226. The van der Waals surface area contributed by atoms with Crippen LogP contribution >= 0.6 is 23.2 Å². The third-order valence-corrected chi connectivity index (χ3v) is 8.11. The summed E-state index contributed by atoms with van der Waals surface area (Å²) in [5.41, 5.74) is 1.12. The number of Topliss-reactive ketones (excluding diaryl/α,β-unsaturated/α-hetero) is 1. The molecule has 214 valence electrons. The monoisotopic (exact) mass is 592 g/mol. The van der Waals surface area contributed by atoms with Gasteiger partial charge in [0.05, 0.1) is 28.3 Å². The summed E-state index contributed by atoms with van der Waals surface area (Å²) in [5.74, 6) is -1.87. The van der Waals surface area contributed by atoms with Gasteiger partial charge in [0, 0.05) is 54.4 Å². The second kappa shape index (κ2) is 13.2. The van der Waals surface area contributed by atoms with Gasteiger partial charge in [-0.15, -0.1) is 0 Å². The van der Waals surface area contributed by atoms with E-state index in [1.807, 2.05) is 0 Å². The molecule has 3 N–H and O–H groups in total. The molecule has 1 aromatic carbocycles. The van der Waals surface area contributed by atoms with E-state index in [0.717, 1.165) is 62.9 Å². The topological polar surface area (TPSA) is 106 Å². The van der Waals surface area contributed by atoms with Crippen molar-refractivity contribution in [1.82, 2.24) is 15.2 Å². The summed E-state index contributed by atoms with van der Waals surface area (Å²) in [5, 5.41) is 22.9. The smallest absolute Gasteiger partial charge is 0.257 e. The first-order valence-corrected chi connectivity index (χ1v) is 14.1. The van der Waals surface area contributed by atoms with Crippen molar-refractivity contribution in [3.8, 4) is 0 Å². The molecule has 0 radical (unpaired) electrons. The Kier molecular flexibility index (Phi) is 9.92. The van der Waals surface area contributed by atoms with Crippen molar-refractivity contribution in [2.24, 2.45) is 11.8 Å².